The molecule has 0 radical (unpaired) electrons. The molecule has 512 valence electrons. The van der Waals surface area contributed by atoms with Crippen molar-refractivity contribution in [3.63, 3.8) is 0 Å². The van der Waals surface area contributed by atoms with Crippen LogP contribution in [0.2, 0.25) is 0 Å². The Balaban J connectivity index is 4.12. The highest BCUT2D eigenvalue weighted by molar-refractivity contribution is 5.70. The first-order valence-electron chi connectivity index (χ1n) is 37.0. The molecule has 0 aromatic carbocycles. The summed E-state index contributed by atoms with van der Waals surface area (Å²) in [6, 6.07) is 0. The zero-order valence-electron chi connectivity index (χ0n) is 58.5. The van der Waals surface area contributed by atoms with E-state index in [1.807, 2.05) is 21.1 Å². The molecular weight excluding hydrogens is 1100 g/mol. The highest BCUT2D eigenvalue weighted by atomic mass is 16.7. The van der Waals surface area contributed by atoms with Crippen molar-refractivity contribution >= 4 is 17.9 Å². The van der Waals surface area contributed by atoms with Gasteiger partial charge in [-0.15, -0.1) is 0 Å². The van der Waals surface area contributed by atoms with E-state index in [1.165, 1.54) is 180 Å². The topological polar surface area (TPSA) is 111 Å². The van der Waals surface area contributed by atoms with E-state index >= 15 is 0 Å². The van der Waals surface area contributed by atoms with Crippen LogP contribution in [0.4, 0.5) is 0 Å². The maximum absolute atomic E-state index is 12.9. The zero-order chi connectivity index (χ0) is 64.7. The lowest BCUT2D eigenvalue weighted by Crippen LogP contribution is -2.44. The summed E-state index contributed by atoms with van der Waals surface area (Å²) in [5.74, 6) is -2.30. The number of aliphatic carboxylic acids is 1. The van der Waals surface area contributed by atoms with Crippen LogP contribution in [0.3, 0.4) is 0 Å². The number of rotatable bonds is 68. The smallest absolute Gasteiger partial charge is 0.306 e. The summed E-state index contributed by atoms with van der Waals surface area (Å²) >= 11 is 0. The molecule has 0 saturated heterocycles. The van der Waals surface area contributed by atoms with Crippen LogP contribution in [-0.2, 0) is 33.3 Å². The first kappa shape index (κ1) is 85.0. The van der Waals surface area contributed by atoms with Crippen molar-refractivity contribution in [2.24, 2.45) is 0 Å². The number of quaternary nitrogens is 1. The van der Waals surface area contributed by atoms with Crippen molar-refractivity contribution in [2.45, 2.75) is 334 Å². The Morgan fingerprint density at radius 2 is 0.640 bits per heavy atom. The number of carbonyl (C=O) groups is 3. The van der Waals surface area contributed by atoms with E-state index in [2.05, 4.69) is 123 Å². The number of allylic oxidation sites excluding steroid dienone is 18. The van der Waals surface area contributed by atoms with E-state index in [4.69, 9.17) is 18.9 Å². The average Bonchev–Trinajstić information content (AvgIpc) is 3.64. The Morgan fingerprint density at radius 3 is 0.966 bits per heavy atom. The van der Waals surface area contributed by atoms with Crippen molar-refractivity contribution in [1.29, 1.82) is 0 Å². The van der Waals surface area contributed by atoms with Gasteiger partial charge in [-0.3, -0.25) is 9.59 Å². The van der Waals surface area contributed by atoms with Crippen LogP contribution in [0.1, 0.15) is 322 Å². The van der Waals surface area contributed by atoms with Gasteiger partial charge in [-0.2, -0.15) is 0 Å². The second-order valence-corrected chi connectivity index (χ2v) is 25.9. The van der Waals surface area contributed by atoms with Crippen LogP contribution in [0, 0.1) is 0 Å². The van der Waals surface area contributed by atoms with E-state index in [1.54, 1.807) is 0 Å². The van der Waals surface area contributed by atoms with Gasteiger partial charge in [0.2, 0.25) is 0 Å². The van der Waals surface area contributed by atoms with Crippen LogP contribution in [0.15, 0.2) is 109 Å². The third-order valence-corrected chi connectivity index (χ3v) is 16.0. The molecule has 2 atom stereocenters. The maximum atomic E-state index is 12.9. The molecular formula is C80H139NO8. The number of likely N-dealkylation sites (N-methyl/N-ethyl adjacent to an activating group) is 1. The minimum atomic E-state index is -1.63. The van der Waals surface area contributed by atoms with Gasteiger partial charge in [-0.1, -0.05) is 316 Å². The number of nitrogens with zero attached hydrogens (tertiary/aromatic N) is 1. The summed E-state index contributed by atoms with van der Waals surface area (Å²) < 4.78 is 22.8. The van der Waals surface area contributed by atoms with Gasteiger partial charge in [0.05, 0.1) is 40.3 Å². The standard InChI is InChI=1S/C80H139NO8/c1-6-8-10-12-14-16-18-20-22-24-26-28-30-32-34-36-38-39-41-42-44-46-48-50-52-54-56-58-60-62-64-66-68-70-77(82)87-74-76(75-88-80(79(84)85)86-73-72-81(3,4)5)89-78(83)71-69-67-65-63-61-59-57-55-53-51-49-47-45-43-40-37-35-33-31-29-27-25-23-21-19-17-15-13-11-9-7-2/h9,11,15,17,21,23-24,26-27,29,33,35,40,43,47,49,53,55,76,80H,6-8,10,12-14,16,18-20,22,25,28,30-32,34,36-39,41-42,44-46,48,50-52,54,56-75H2,1-5H3/b11-9-,17-15-,23-21-,26-24-,29-27-,35-33-,43-40-,49-47-,55-53-. The number of ether oxygens (including phenoxy) is 4. The van der Waals surface area contributed by atoms with Crippen molar-refractivity contribution in [3.05, 3.63) is 109 Å². The molecule has 0 fully saturated rings. The molecule has 0 aliphatic rings. The number of carboxylic acids is 1. The molecule has 0 aromatic heterocycles. The van der Waals surface area contributed by atoms with Gasteiger partial charge in [0, 0.05) is 12.8 Å². The number of unbranched alkanes of at least 4 members (excludes halogenated alkanes) is 35. The van der Waals surface area contributed by atoms with Gasteiger partial charge in [-0.25, -0.2) is 0 Å². The Bertz CT molecular complexity index is 1830. The summed E-state index contributed by atoms with van der Waals surface area (Å²) in [7, 11) is 5.93. The molecule has 9 nitrogen and oxygen atoms in total. The van der Waals surface area contributed by atoms with Crippen molar-refractivity contribution in [2.75, 3.05) is 47.5 Å². The number of carbonyl (C=O) groups excluding carboxylic acids is 3. The van der Waals surface area contributed by atoms with Crippen LogP contribution in [0.25, 0.3) is 0 Å². The second-order valence-electron chi connectivity index (χ2n) is 25.9. The predicted octanol–water partition coefficient (Wildman–Crippen LogP) is 22.0. The molecule has 0 aliphatic heterocycles. The first-order chi connectivity index (χ1) is 43.6. The molecule has 0 spiro atoms. The van der Waals surface area contributed by atoms with Crippen LogP contribution < -0.4 is 5.11 Å². The molecule has 0 aliphatic carbocycles. The quantitative estimate of drug-likeness (QED) is 0.0195. The third-order valence-electron chi connectivity index (χ3n) is 16.0. The van der Waals surface area contributed by atoms with Crippen LogP contribution >= 0.6 is 0 Å². The minimum Gasteiger partial charge on any atom is -0.545 e. The Labute approximate surface area is 549 Å². The van der Waals surface area contributed by atoms with Gasteiger partial charge >= 0.3 is 11.9 Å². The van der Waals surface area contributed by atoms with Gasteiger partial charge in [0.25, 0.3) is 0 Å². The Kier molecular flexibility index (Phi) is 66.7. The molecule has 0 N–H and O–H groups in total. The number of carboxylic acid groups (broad SMARTS) is 1. The molecule has 0 saturated carbocycles. The fraction of sp³-hybridized carbons (Fsp3) is 0.738. The SMILES string of the molecule is CC/C=C\C/C=C\C/C=C\C/C=C\C/C=C\C/C=C\C/C=C\C/C=C\CCCCCCCCC(=O)OC(COC(=O)CCCCCCCCCCCCCCCCCCCCCCC/C=C\CCCCCCCCCC)COC(OCC[N+](C)(C)C)C(=O)[O-]. The van der Waals surface area contributed by atoms with Crippen molar-refractivity contribution in [1.82, 2.24) is 0 Å². The summed E-state index contributed by atoms with van der Waals surface area (Å²) in [5, 5.41) is 11.8. The average molecular weight is 1240 g/mol. The minimum absolute atomic E-state index is 0.140. The number of hydrogen-bond donors (Lipinski definition) is 0. The maximum Gasteiger partial charge on any atom is 0.306 e. The molecule has 9 heteroatoms. The highest BCUT2D eigenvalue weighted by Crippen LogP contribution is 2.18. The summed E-state index contributed by atoms with van der Waals surface area (Å²) in [6.45, 7) is 4.64. The lowest BCUT2D eigenvalue weighted by molar-refractivity contribution is -0.870. The van der Waals surface area contributed by atoms with Gasteiger partial charge in [-0.05, 0) is 103 Å². The van der Waals surface area contributed by atoms with Gasteiger partial charge < -0.3 is 33.3 Å². The second kappa shape index (κ2) is 69.8. The first-order valence-corrected chi connectivity index (χ1v) is 37.0. The molecule has 0 amide bonds. The van der Waals surface area contributed by atoms with Crippen molar-refractivity contribution in [3.8, 4) is 0 Å². The van der Waals surface area contributed by atoms with Gasteiger partial charge in [0.1, 0.15) is 13.2 Å². The summed E-state index contributed by atoms with van der Waals surface area (Å²) in [4.78, 5) is 37.5. The fourth-order valence-electron chi connectivity index (χ4n) is 10.4. The Hall–Kier alpha value is -4.05. The Morgan fingerprint density at radius 1 is 0.348 bits per heavy atom. The molecule has 2 unspecified atom stereocenters. The highest BCUT2D eigenvalue weighted by Gasteiger charge is 2.22. The van der Waals surface area contributed by atoms with E-state index in [0.717, 1.165) is 109 Å². The van der Waals surface area contributed by atoms with E-state index in [9.17, 15) is 19.5 Å². The van der Waals surface area contributed by atoms with E-state index in [-0.39, 0.29) is 38.6 Å². The monoisotopic (exact) mass is 1240 g/mol. The zero-order valence-corrected chi connectivity index (χ0v) is 58.5. The molecule has 0 rings (SSSR count). The van der Waals surface area contributed by atoms with Crippen molar-refractivity contribution < 1.29 is 42.9 Å². The molecule has 0 bridgehead atoms. The van der Waals surface area contributed by atoms with E-state index in [0.29, 0.717) is 17.4 Å². The lowest BCUT2D eigenvalue weighted by atomic mass is 10.0. The third kappa shape index (κ3) is 71.3. The van der Waals surface area contributed by atoms with E-state index < -0.39 is 24.3 Å². The summed E-state index contributed by atoms with van der Waals surface area (Å²) in [5.41, 5.74) is 0. The van der Waals surface area contributed by atoms with Crippen LogP contribution in [0.5, 0.6) is 0 Å². The summed E-state index contributed by atoms with van der Waals surface area (Å²) in [6.07, 6.45) is 94.7. The predicted molar refractivity (Wildman–Crippen MR) is 380 cm³/mol. The molecule has 89 heavy (non-hydrogen) atoms. The number of esters is 2. The molecule has 0 heterocycles. The lowest BCUT2D eigenvalue weighted by Gasteiger charge is -2.26. The number of hydrogen-bond acceptors (Lipinski definition) is 8. The fourth-order valence-corrected chi connectivity index (χ4v) is 10.4. The van der Waals surface area contributed by atoms with Crippen LogP contribution in [-0.4, -0.2) is 82.3 Å². The normalized spacial score (nSPS) is 13.3. The van der Waals surface area contributed by atoms with Gasteiger partial charge in [0.15, 0.2) is 12.4 Å². The molecule has 0 aromatic rings. The largest absolute Gasteiger partial charge is 0.545 e.